The Morgan fingerprint density at radius 3 is 2.45 bits per heavy atom. The third kappa shape index (κ3) is 5.53. The fourth-order valence-electron chi connectivity index (χ4n) is 2.81. The molecule has 1 rings (SSSR count). The van der Waals surface area contributed by atoms with Crippen LogP contribution in [0.4, 0.5) is 0 Å². The van der Waals surface area contributed by atoms with E-state index in [0.717, 1.165) is 5.92 Å². The molecule has 0 aromatic heterocycles. The quantitative estimate of drug-likeness (QED) is 0.460. The third-order valence-electron chi connectivity index (χ3n) is 4.30. The van der Waals surface area contributed by atoms with Crippen LogP contribution < -0.4 is 0 Å². The molecule has 1 atom stereocenters. The molecule has 0 aliphatic carbocycles. The highest BCUT2D eigenvalue weighted by Gasteiger charge is 2.10. The summed E-state index contributed by atoms with van der Waals surface area (Å²) in [7, 11) is 0. The van der Waals surface area contributed by atoms with Gasteiger partial charge in [0.15, 0.2) is 0 Å². The van der Waals surface area contributed by atoms with E-state index in [1.165, 1.54) is 68.1 Å². The molecule has 1 unspecified atom stereocenters. The van der Waals surface area contributed by atoms with E-state index < -0.39 is 0 Å². The Morgan fingerprint density at radius 1 is 1.10 bits per heavy atom. The van der Waals surface area contributed by atoms with Crippen molar-refractivity contribution in [1.29, 1.82) is 0 Å². The van der Waals surface area contributed by atoms with Gasteiger partial charge in [0.25, 0.3) is 0 Å². The van der Waals surface area contributed by atoms with Crippen LogP contribution in [0.15, 0.2) is 24.8 Å². The van der Waals surface area contributed by atoms with Gasteiger partial charge in [-0.05, 0) is 41.9 Å². The zero-order chi connectivity index (χ0) is 14.8. The van der Waals surface area contributed by atoms with Gasteiger partial charge in [-0.2, -0.15) is 0 Å². The van der Waals surface area contributed by atoms with Crippen LogP contribution in [-0.4, -0.2) is 0 Å². The molecular weight excluding hydrogens is 240 g/mol. The molecule has 0 spiro atoms. The first-order valence-electron chi connectivity index (χ1n) is 8.49. The van der Waals surface area contributed by atoms with Crippen molar-refractivity contribution in [2.24, 2.45) is 5.92 Å². The van der Waals surface area contributed by atoms with Gasteiger partial charge in [0, 0.05) is 0 Å². The Balaban J connectivity index is 2.75. The molecule has 0 saturated carbocycles. The lowest BCUT2D eigenvalue weighted by Crippen LogP contribution is -2.05. The Morgan fingerprint density at radius 2 is 1.85 bits per heavy atom. The summed E-state index contributed by atoms with van der Waals surface area (Å²) in [5.41, 5.74) is 4.31. The molecule has 0 heteroatoms. The first-order chi connectivity index (χ1) is 9.74. The molecule has 0 aliphatic heterocycles. The highest BCUT2D eigenvalue weighted by molar-refractivity contribution is 5.53. The summed E-state index contributed by atoms with van der Waals surface area (Å²) in [6.45, 7) is 10.9. The molecule has 0 aliphatic rings. The van der Waals surface area contributed by atoms with E-state index in [9.17, 15) is 0 Å². The van der Waals surface area contributed by atoms with Crippen LogP contribution in [0, 0.1) is 5.92 Å². The maximum atomic E-state index is 4.01. The molecule has 0 radical (unpaired) electrons. The molecular formula is C20H32. The van der Waals surface area contributed by atoms with Crippen molar-refractivity contribution in [3.63, 3.8) is 0 Å². The van der Waals surface area contributed by atoms with Crippen LogP contribution in [0.3, 0.4) is 0 Å². The molecule has 0 fully saturated rings. The minimum absolute atomic E-state index is 0.829. The van der Waals surface area contributed by atoms with Crippen molar-refractivity contribution in [2.75, 3.05) is 0 Å². The Hall–Kier alpha value is -1.04. The number of unbranched alkanes of at least 4 members (excludes halogenated alkanes) is 2. The van der Waals surface area contributed by atoms with E-state index in [4.69, 9.17) is 0 Å². The fraction of sp³-hybridized carbons (Fsp3) is 0.600. The molecule has 0 amide bonds. The summed E-state index contributed by atoms with van der Waals surface area (Å²) in [6, 6.07) is 7.02. The minimum Gasteiger partial charge on any atom is -0.0985 e. The van der Waals surface area contributed by atoms with Crippen molar-refractivity contribution in [1.82, 2.24) is 0 Å². The van der Waals surface area contributed by atoms with E-state index >= 15 is 0 Å². The van der Waals surface area contributed by atoms with Gasteiger partial charge in [0.1, 0.15) is 0 Å². The zero-order valence-corrected chi connectivity index (χ0v) is 13.8. The largest absolute Gasteiger partial charge is 0.0985 e. The van der Waals surface area contributed by atoms with Crippen molar-refractivity contribution >= 4 is 6.08 Å². The second-order valence-corrected chi connectivity index (χ2v) is 5.96. The van der Waals surface area contributed by atoms with Crippen molar-refractivity contribution in [3.05, 3.63) is 41.5 Å². The van der Waals surface area contributed by atoms with Gasteiger partial charge in [0.2, 0.25) is 0 Å². The molecule has 0 saturated heterocycles. The van der Waals surface area contributed by atoms with Crippen molar-refractivity contribution in [3.8, 4) is 0 Å². The summed E-state index contributed by atoms with van der Waals surface area (Å²) < 4.78 is 0. The van der Waals surface area contributed by atoms with E-state index in [-0.39, 0.29) is 0 Å². The average Bonchev–Trinajstić information content (AvgIpc) is 2.49. The van der Waals surface area contributed by atoms with Gasteiger partial charge in [-0.15, -0.1) is 0 Å². The number of rotatable bonds is 10. The van der Waals surface area contributed by atoms with Crippen LogP contribution in [0.5, 0.6) is 0 Å². The number of hydrogen-bond donors (Lipinski definition) is 0. The van der Waals surface area contributed by atoms with E-state index in [1.807, 2.05) is 6.08 Å². The molecule has 0 heterocycles. The van der Waals surface area contributed by atoms with Gasteiger partial charge in [-0.25, -0.2) is 0 Å². The lowest BCUT2D eigenvalue weighted by molar-refractivity contribution is 0.449. The molecule has 0 nitrogen and oxygen atoms in total. The maximum Gasteiger partial charge on any atom is -0.0228 e. The zero-order valence-electron chi connectivity index (χ0n) is 13.8. The Labute approximate surface area is 126 Å². The van der Waals surface area contributed by atoms with E-state index in [1.54, 1.807) is 0 Å². The predicted molar refractivity (Wildman–Crippen MR) is 92.2 cm³/mol. The van der Waals surface area contributed by atoms with E-state index in [2.05, 4.69) is 45.5 Å². The standard InChI is InChI=1S/C20H32/c1-5-9-11-17(7-3)15-20-14-13-18(12-10-6-2)16-19(20)8-4/h8,13-14,16-17H,4-7,9-12,15H2,1-3H3. The maximum absolute atomic E-state index is 4.01. The topological polar surface area (TPSA) is 0 Å². The second-order valence-electron chi connectivity index (χ2n) is 5.96. The van der Waals surface area contributed by atoms with Gasteiger partial charge >= 0.3 is 0 Å². The lowest BCUT2D eigenvalue weighted by atomic mass is 9.89. The minimum atomic E-state index is 0.829. The Kier molecular flexibility index (Phi) is 8.34. The summed E-state index contributed by atoms with van der Waals surface area (Å²) in [6.07, 6.45) is 12.3. The molecule has 1 aromatic carbocycles. The molecule has 112 valence electrons. The van der Waals surface area contributed by atoms with Crippen LogP contribution in [0.25, 0.3) is 6.08 Å². The highest BCUT2D eigenvalue weighted by atomic mass is 14.1. The predicted octanol–water partition coefficient (Wildman–Crippen LogP) is 6.43. The van der Waals surface area contributed by atoms with Crippen molar-refractivity contribution < 1.29 is 0 Å². The monoisotopic (exact) mass is 272 g/mol. The first-order valence-corrected chi connectivity index (χ1v) is 8.49. The summed E-state index contributed by atoms with van der Waals surface area (Å²) in [5, 5.41) is 0. The second kappa shape index (κ2) is 9.80. The third-order valence-corrected chi connectivity index (χ3v) is 4.30. The number of benzene rings is 1. The van der Waals surface area contributed by atoms with Crippen LogP contribution in [-0.2, 0) is 12.8 Å². The van der Waals surface area contributed by atoms with Crippen LogP contribution in [0.2, 0.25) is 0 Å². The fourth-order valence-corrected chi connectivity index (χ4v) is 2.81. The Bertz CT molecular complexity index is 389. The highest BCUT2D eigenvalue weighted by Crippen LogP contribution is 2.23. The van der Waals surface area contributed by atoms with Crippen LogP contribution in [0.1, 0.15) is 76.0 Å². The molecule has 0 bridgehead atoms. The summed E-state index contributed by atoms with van der Waals surface area (Å²) in [5.74, 6) is 0.829. The molecule has 20 heavy (non-hydrogen) atoms. The van der Waals surface area contributed by atoms with Crippen LogP contribution >= 0.6 is 0 Å². The smallest absolute Gasteiger partial charge is 0.0228 e. The van der Waals surface area contributed by atoms with Gasteiger partial charge < -0.3 is 0 Å². The number of aryl methyl sites for hydroxylation is 1. The van der Waals surface area contributed by atoms with E-state index in [0.29, 0.717) is 0 Å². The average molecular weight is 272 g/mol. The lowest BCUT2D eigenvalue weighted by Gasteiger charge is -2.17. The van der Waals surface area contributed by atoms with Crippen molar-refractivity contribution in [2.45, 2.75) is 72.1 Å². The SMILES string of the molecule is C=Cc1cc(CCCC)ccc1CC(CC)CCCC. The van der Waals surface area contributed by atoms with Gasteiger partial charge in [0.05, 0.1) is 0 Å². The number of hydrogen-bond acceptors (Lipinski definition) is 0. The summed E-state index contributed by atoms with van der Waals surface area (Å²) in [4.78, 5) is 0. The molecule has 1 aromatic rings. The summed E-state index contributed by atoms with van der Waals surface area (Å²) >= 11 is 0. The van der Waals surface area contributed by atoms with Gasteiger partial charge in [-0.3, -0.25) is 0 Å². The first kappa shape index (κ1) is 17.0. The van der Waals surface area contributed by atoms with Gasteiger partial charge in [-0.1, -0.05) is 83.7 Å². The molecule has 0 N–H and O–H groups in total. The normalized spacial score (nSPS) is 12.3.